The number of fused-ring (bicyclic) bond motifs is 2. The Morgan fingerprint density at radius 2 is 2.09 bits per heavy atom. The Hall–Kier alpha value is -1.09. The fraction of sp³-hybridized carbons (Fsp3) is 0.750. The fourth-order valence-corrected chi connectivity index (χ4v) is 6.47. The lowest BCUT2D eigenvalue weighted by Gasteiger charge is -2.57. The van der Waals surface area contributed by atoms with Crippen LogP contribution in [0, 0.1) is 28.1 Å². The SMILES string of the molecule is C=C[C@]1(C)CC[C@@H]2C(=C[C@H]3OC(=O)[C@@]4(C)C[C@@H](O)C[C@@]2(C)[C@@H]34)C1. The van der Waals surface area contributed by atoms with Crippen molar-refractivity contribution < 1.29 is 14.6 Å². The Morgan fingerprint density at radius 1 is 1.35 bits per heavy atom. The second kappa shape index (κ2) is 4.50. The van der Waals surface area contributed by atoms with E-state index in [0.29, 0.717) is 12.3 Å². The third-order valence-corrected chi connectivity index (χ3v) is 7.50. The van der Waals surface area contributed by atoms with Gasteiger partial charge in [-0.1, -0.05) is 25.5 Å². The first kappa shape index (κ1) is 15.4. The minimum Gasteiger partial charge on any atom is -0.457 e. The average Bonchev–Trinajstić information content (AvgIpc) is 2.69. The molecule has 1 N–H and O–H groups in total. The van der Waals surface area contributed by atoms with Crippen LogP contribution in [-0.2, 0) is 9.53 Å². The molecule has 1 heterocycles. The van der Waals surface area contributed by atoms with Gasteiger partial charge in [-0.15, -0.1) is 6.58 Å². The molecule has 0 amide bonds. The summed E-state index contributed by atoms with van der Waals surface area (Å²) >= 11 is 0. The van der Waals surface area contributed by atoms with E-state index in [0.717, 1.165) is 25.7 Å². The van der Waals surface area contributed by atoms with Gasteiger partial charge in [0.2, 0.25) is 0 Å². The Bertz CT molecular complexity index is 608. The van der Waals surface area contributed by atoms with Crippen molar-refractivity contribution in [3.63, 3.8) is 0 Å². The Kier molecular flexibility index (Phi) is 3.02. The summed E-state index contributed by atoms with van der Waals surface area (Å²) < 4.78 is 5.79. The molecule has 23 heavy (non-hydrogen) atoms. The molecule has 126 valence electrons. The van der Waals surface area contributed by atoms with Gasteiger partial charge in [0, 0.05) is 5.92 Å². The van der Waals surface area contributed by atoms with Crippen LogP contribution in [-0.4, -0.2) is 23.3 Å². The van der Waals surface area contributed by atoms with Crippen LogP contribution in [0.25, 0.3) is 0 Å². The van der Waals surface area contributed by atoms with E-state index in [-0.39, 0.29) is 28.8 Å². The molecule has 1 saturated heterocycles. The summed E-state index contributed by atoms with van der Waals surface area (Å²) in [5, 5.41) is 10.5. The Morgan fingerprint density at radius 3 is 2.78 bits per heavy atom. The molecule has 3 fully saturated rings. The van der Waals surface area contributed by atoms with Crippen LogP contribution in [0.15, 0.2) is 24.3 Å². The fourth-order valence-electron chi connectivity index (χ4n) is 6.47. The number of aliphatic hydroxyl groups is 1. The van der Waals surface area contributed by atoms with Gasteiger partial charge >= 0.3 is 5.97 Å². The van der Waals surface area contributed by atoms with E-state index in [4.69, 9.17) is 4.74 Å². The second-order valence-electron chi connectivity index (χ2n) is 9.20. The zero-order valence-corrected chi connectivity index (χ0v) is 14.5. The van der Waals surface area contributed by atoms with Gasteiger partial charge in [-0.05, 0) is 61.9 Å². The molecule has 2 saturated carbocycles. The van der Waals surface area contributed by atoms with Crippen LogP contribution in [0.1, 0.15) is 52.9 Å². The summed E-state index contributed by atoms with van der Waals surface area (Å²) in [4.78, 5) is 12.6. The van der Waals surface area contributed by atoms with Crippen LogP contribution in [0.2, 0.25) is 0 Å². The first-order chi connectivity index (χ1) is 10.7. The topological polar surface area (TPSA) is 46.5 Å². The maximum absolute atomic E-state index is 12.6. The number of hydrogen-bond acceptors (Lipinski definition) is 3. The van der Waals surface area contributed by atoms with Gasteiger partial charge in [0.05, 0.1) is 11.5 Å². The van der Waals surface area contributed by atoms with E-state index in [1.165, 1.54) is 5.57 Å². The molecule has 7 atom stereocenters. The third-order valence-electron chi connectivity index (χ3n) is 7.50. The molecule has 0 radical (unpaired) electrons. The van der Waals surface area contributed by atoms with E-state index in [1.807, 2.05) is 6.92 Å². The summed E-state index contributed by atoms with van der Waals surface area (Å²) in [6, 6.07) is 0. The number of ether oxygens (including phenoxy) is 1. The van der Waals surface area contributed by atoms with E-state index in [2.05, 4.69) is 32.6 Å². The molecule has 1 aliphatic heterocycles. The van der Waals surface area contributed by atoms with Crippen molar-refractivity contribution in [1.29, 1.82) is 0 Å². The number of carbonyl (C=O) groups is 1. The number of esters is 1. The van der Waals surface area contributed by atoms with Crippen molar-refractivity contribution in [3.05, 3.63) is 24.3 Å². The number of rotatable bonds is 1. The van der Waals surface area contributed by atoms with E-state index in [9.17, 15) is 9.90 Å². The zero-order valence-electron chi connectivity index (χ0n) is 14.5. The predicted octanol–water partition coefficient (Wildman–Crippen LogP) is 3.63. The predicted molar refractivity (Wildman–Crippen MR) is 88.6 cm³/mol. The standard InChI is InChI=1S/C20H28O3/c1-5-18(2)7-6-14-12(9-18)8-15-16-19(14,3)10-13(21)11-20(16,4)17(22)23-15/h5,8,13-16,21H,1,6-7,9-11H2,2-4H3/t13-,14+,15+,16+,18+,19+,20-/m0/s1. The average molecular weight is 316 g/mol. The number of hydrogen-bond donors (Lipinski definition) is 1. The van der Waals surface area contributed by atoms with Crippen LogP contribution in [0.5, 0.6) is 0 Å². The van der Waals surface area contributed by atoms with Gasteiger partial charge in [0.15, 0.2) is 0 Å². The molecule has 3 heteroatoms. The highest BCUT2D eigenvalue weighted by molar-refractivity contribution is 5.80. The molecule has 4 aliphatic rings. The first-order valence-electron chi connectivity index (χ1n) is 8.95. The highest BCUT2D eigenvalue weighted by Gasteiger charge is 2.67. The molecule has 0 spiro atoms. The third kappa shape index (κ3) is 1.89. The van der Waals surface area contributed by atoms with E-state index >= 15 is 0 Å². The lowest BCUT2D eigenvalue weighted by Crippen LogP contribution is -2.56. The Labute approximate surface area is 138 Å². The van der Waals surface area contributed by atoms with Crippen molar-refractivity contribution in [1.82, 2.24) is 0 Å². The Balaban J connectivity index is 1.81. The van der Waals surface area contributed by atoms with E-state index < -0.39 is 11.5 Å². The van der Waals surface area contributed by atoms with Gasteiger partial charge < -0.3 is 9.84 Å². The quantitative estimate of drug-likeness (QED) is 0.593. The van der Waals surface area contributed by atoms with Gasteiger partial charge in [-0.2, -0.15) is 0 Å². The highest BCUT2D eigenvalue weighted by atomic mass is 16.6. The highest BCUT2D eigenvalue weighted by Crippen LogP contribution is 2.66. The van der Waals surface area contributed by atoms with Gasteiger partial charge in [-0.25, -0.2) is 0 Å². The molecule has 0 aromatic carbocycles. The summed E-state index contributed by atoms with van der Waals surface area (Å²) in [5.41, 5.74) is 0.993. The van der Waals surface area contributed by atoms with Crippen molar-refractivity contribution in [3.8, 4) is 0 Å². The van der Waals surface area contributed by atoms with Crippen molar-refractivity contribution >= 4 is 5.97 Å². The smallest absolute Gasteiger partial charge is 0.312 e. The first-order valence-corrected chi connectivity index (χ1v) is 8.95. The number of allylic oxidation sites excluding steroid dienone is 2. The summed E-state index contributed by atoms with van der Waals surface area (Å²) in [5.74, 6) is 0.549. The van der Waals surface area contributed by atoms with Gasteiger partial charge in [-0.3, -0.25) is 4.79 Å². The van der Waals surface area contributed by atoms with Crippen molar-refractivity contribution in [2.45, 2.75) is 65.1 Å². The normalized spacial score (nSPS) is 54.6. The minimum atomic E-state index is -0.529. The molecule has 3 nitrogen and oxygen atoms in total. The van der Waals surface area contributed by atoms with Gasteiger partial charge in [0.25, 0.3) is 0 Å². The monoisotopic (exact) mass is 316 g/mol. The molecular formula is C20H28O3. The van der Waals surface area contributed by atoms with Crippen molar-refractivity contribution in [2.24, 2.45) is 28.1 Å². The summed E-state index contributed by atoms with van der Waals surface area (Å²) in [7, 11) is 0. The summed E-state index contributed by atoms with van der Waals surface area (Å²) in [6.07, 6.45) is 8.40. The molecule has 0 unspecified atom stereocenters. The molecule has 0 aromatic rings. The van der Waals surface area contributed by atoms with Crippen LogP contribution in [0.3, 0.4) is 0 Å². The van der Waals surface area contributed by atoms with E-state index in [1.54, 1.807) is 0 Å². The number of aliphatic hydroxyl groups excluding tert-OH is 1. The maximum Gasteiger partial charge on any atom is 0.312 e. The van der Waals surface area contributed by atoms with Gasteiger partial charge in [0.1, 0.15) is 6.10 Å². The molecule has 0 aromatic heterocycles. The molecule has 4 rings (SSSR count). The number of carbonyl (C=O) groups excluding carboxylic acids is 1. The second-order valence-corrected chi connectivity index (χ2v) is 9.20. The van der Waals surface area contributed by atoms with Crippen LogP contribution < -0.4 is 0 Å². The van der Waals surface area contributed by atoms with Crippen molar-refractivity contribution in [2.75, 3.05) is 0 Å². The van der Waals surface area contributed by atoms with Crippen LogP contribution >= 0.6 is 0 Å². The molecule has 3 aliphatic carbocycles. The molecule has 0 bridgehead atoms. The summed E-state index contributed by atoms with van der Waals surface area (Å²) in [6.45, 7) is 10.6. The minimum absolute atomic E-state index is 0.0458. The zero-order chi connectivity index (χ0) is 16.6. The largest absolute Gasteiger partial charge is 0.457 e. The maximum atomic E-state index is 12.6. The van der Waals surface area contributed by atoms with Crippen LogP contribution in [0.4, 0.5) is 0 Å². The lowest BCUT2D eigenvalue weighted by molar-refractivity contribution is -0.152. The lowest BCUT2D eigenvalue weighted by atomic mass is 9.45. The molecular weight excluding hydrogens is 288 g/mol.